The molecule has 2 aromatic rings. The molecule has 0 radical (unpaired) electrons. The number of anilines is 1. The highest BCUT2D eigenvalue weighted by atomic mass is 32.1. The van der Waals surface area contributed by atoms with E-state index in [1.54, 1.807) is 11.3 Å². The van der Waals surface area contributed by atoms with Crippen molar-refractivity contribution in [2.45, 2.75) is 19.4 Å². The van der Waals surface area contributed by atoms with Crippen LogP contribution in [0.4, 0.5) is 10.3 Å². The maximum atomic E-state index is 12.6. The number of hydrogen-bond donors (Lipinski definition) is 1. The first kappa shape index (κ1) is 11.0. The Balaban J connectivity index is 2.10. The van der Waals surface area contributed by atoms with Crippen molar-refractivity contribution < 1.29 is 4.39 Å². The maximum Gasteiger partial charge on any atom is 0.223 e. The molecule has 1 atom stereocenters. The maximum absolute atomic E-state index is 12.6. The minimum Gasteiger partial charge on any atom is -0.347 e. The van der Waals surface area contributed by atoms with Crippen LogP contribution >= 0.6 is 11.3 Å². The Morgan fingerprint density at radius 1 is 1.44 bits per heavy atom. The summed E-state index contributed by atoms with van der Waals surface area (Å²) in [5, 5.41) is 5.21. The van der Waals surface area contributed by atoms with Crippen LogP contribution in [-0.2, 0) is 0 Å². The van der Waals surface area contributed by atoms with Crippen molar-refractivity contribution >= 4 is 17.3 Å². The van der Waals surface area contributed by atoms with E-state index >= 15 is 0 Å². The molecule has 0 amide bonds. The van der Waals surface area contributed by atoms with E-state index in [-0.39, 0.29) is 6.04 Å². The predicted molar refractivity (Wildman–Crippen MR) is 63.0 cm³/mol. The van der Waals surface area contributed by atoms with Gasteiger partial charge in [-0.15, -0.1) is 11.3 Å². The van der Waals surface area contributed by atoms with Crippen LogP contribution in [0, 0.1) is 5.82 Å². The normalized spacial score (nSPS) is 12.4. The van der Waals surface area contributed by atoms with Crippen LogP contribution in [0.15, 0.2) is 29.9 Å². The fourth-order valence-electron chi connectivity index (χ4n) is 1.41. The zero-order valence-electron chi connectivity index (χ0n) is 8.85. The van der Waals surface area contributed by atoms with Gasteiger partial charge in [0, 0.05) is 4.88 Å². The Morgan fingerprint density at radius 2 is 2.19 bits per heavy atom. The smallest absolute Gasteiger partial charge is 0.223 e. The van der Waals surface area contributed by atoms with E-state index in [1.807, 2.05) is 11.4 Å². The van der Waals surface area contributed by atoms with Gasteiger partial charge >= 0.3 is 0 Å². The standard InChI is InChI=1S/C11H12FN3S/c1-2-9(10-4-3-5-16-10)15-11-13-6-8(12)7-14-11/h3-7,9H,2H2,1H3,(H,13,14,15). The van der Waals surface area contributed by atoms with Crippen molar-refractivity contribution in [3.63, 3.8) is 0 Å². The van der Waals surface area contributed by atoms with Crippen molar-refractivity contribution in [1.82, 2.24) is 9.97 Å². The van der Waals surface area contributed by atoms with Crippen LogP contribution in [0.25, 0.3) is 0 Å². The molecule has 0 aliphatic rings. The van der Waals surface area contributed by atoms with E-state index in [9.17, 15) is 4.39 Å². The molecule has 2 rings (SSSR count). The van der Waals surface area contributed by atoms with Gasteiger partial charge in [0.05, 0.1) is 18.4 Å². The van der Waals surface area contributed by atoms with Gasteiger partial charge in [-0.2, -0.15) is 0 Å². The number of hydrogen-bond acceptors (Lipinski definition) is 4. The molecule has 0 bridgehead atoms. The molecule has 2 heterocycles. The molecule has 1 unspecified atom stereocenters. The number of nitrogens with one attached hydrogen (secondary N) is 1. The van der Waals surface area contributed by atoms with Gasteiger partial charge in [-0.3, -0.25) is 0 Å². The minimum absolute atomic E-state index is 0.186. The van der Waals surface area contributed by atoms with E-state index in [4.69, 9.17) is 0 Å². The predicted octanol–water partition coefficient (Wildman–Crippen LogP) is 3.24. The van der Waals surface area contributed by atoms with E-state index in [2.05, 4.69) is 28.3 Å². The number of thiophene rings is 1. The Labute approximate surface area is 97.4 Å². The monoisotopic (exact) mass is 237 g/mol. The van der Waals surface area contributed by atoms with Crippen LogP contribution in [0.5, 0.6) is 0 Å². The van der Waals surface area contributed by atoms with Crippen LogP contribution in [-0.4, -0.2) is 9.97 Å². The van der Waals surface area contributed by atoms with E-state index in [1.165, 1.54) is 4.88 Å². The summed E-state index contributed by atoms with van der Waals surface area (Å²) in [6.45, 7) is 2.08. The van der Waals surface area contributed by atoms with Crippen molar-refractivity contribution in [2.24, 2.45) is 0 Å². The van der Waals surface area contributed by atoms with Gasteiger partial charge in [0.25, 0.3) is 0 Å². The Morgan fingerprint density at radius 3 is 2.75 bits per heavy atom. The summed E-state index contributed by atoms with van der Waals surface area (Å²) in [5.41, 5.74) is 0. The zero-order chi connectivity index (χ0) is 11.4. The third kappa shape index (κ3) is 2.55. The molecule has 5 heteroatoms. The van der Waals surface area contributed by atoms with E-state index in [0.717, 1.165) is 18.8 Å². The summed E-state index contributed by atoms with van der Waals surface area (Å²) < 4.78 is 12.6. The molecule has 1 N–H and O–H groups in total. The van der Waals surface area contributed by atoms with Gasteiger partial charge in [-0.25, -0.2) is 14.4 Å². The fraction of sp³-hybridized carbons (Fsp3) is 0.273. The molecule has 0 fully saturated rings. The first-order valence-electron chi connectivity index (χ1n) is 5.07. The molecule has 0 spiro atoms. The van der Waals surface area contributed by atoms with E-state index in [0.29, 0.717) is 5.95 Å². The van der Waals surface area contributed by atoms with Crippen LogP contribution in [0.2, 0.25) is 0 Å². The Kier molecular flexibility index (Phi) is 3.46. The molecule has 84 valence electrons. The number of aromatic nitrogens is 2. The van der Waals surface area contributed by atoms with E-state index < -0.39 is 5.82 Å². The summed E-state index contributed by atoms with van der Waals surface area (Å²) in [6, 6.07) is 4.26. The highest BCUT2D eigenvalue weighted by molar-refractivity contribution is 7.10. The quantitative estimate of drug-likeness (QED) is 0.887. The van der Waals surface area contributed by atoms with Crippen molar-refractivity contribution in [1.29, 1.82) is 0 Å². The molecular formula is C11H12FN3S. The molecule has 16 heavy (non-hydrogen) atoms. The van der Waals surface area contributed by atoms with Crippen LogP contribution in [0.1, 0.15) is 24.3 Å². The first-order chi connectivity index (χ1) is 7.79. The second-order valence-corrected chi connectivity index (χ2v) is 4.32. The summed E-state index contributed by atoms with van der Waals surface area (Å²) in [6.07, 6.45) is 3.26. The molecule has 0 aliphatic heterocycles. The summed E-state index contributed by atoms with van der Waals surface area (Å²) in [4.78, 5) is 9.00. The highest BCUT2D eigenvalue weighted by Crippen LogP contribution is 2.24. The number of halogens is 1. The van der Waals surface area contributed by atoms with Crippen LogP contribution < -0.4 is 5.32 Å². The second kappa shape index (κ2) is 5.03. The van der Waals surface area contributed by atoms with Gasteiger partial charge in [0.15, 0.2) is 5.82 Å². The van der Waals surface area contributed by atoms with Crippen molar-refractivity contribution in [2.75, 3.05) is 5.32 Å². The fourth-order valence-corrected chi connectivity index (χ4v) is 2.27. The van der Waals surface area contributed by atoms with Gasteiger partial charge < -0.3 is 5.32 Å². The lowest BCUT2D eigenvalue weighted by atomic mass is 10.2. The van der Waals surface area contributed by atoms with Gasteiger partial charge in [0.1, 0.15) is 0 Å². The molecule has 2 aromatic heterocycles. The largest absolute Gasteiger partial charge is 0.347 e. The Hall–Kier alpha value is -1.49. The topological polar surface area (TPSA) is 37.8 Å². The minimum atomic E-state index is -0.422. The SMILES string of the molecule is CCC(Nc1ncc(F)cn1)c1cccs1. The van der Waals surface area contributed by atoms with Crippen molar-refractivity contribution in [3.8, 4) is 0 Å². The third-order valence-electron chi connectivity index (χ3n) is 2.22. The first-order valence-corrected chi connectivity index (χ1v) is 5.95. The van der Waals surface area contributed by atoms with Gasteiger partial charge in [0.2, 0.25) is 5.95 Å². The molecule has 0 aromatic carbocycles. The lowest BCUT2D eigenvalue weighted by molar-refractivity contribution is 0.612. The lowest BCUT2D eigenvalue weighted by Crippen LogP contribution is -2.10. The van der Waals surface area contributed by atoms with Crippen LogP contribution in [0.3, 0.4) is 0 Å². The molecule has 0 saturated heterocycles. The molecular weight excluding hydrogens is 225 g/mol. The third-order valence-corrected chi connectivity index (χ3v) is 3.20. The molecule has 3 nitrogen and oxygen atoms in total. The lowest BCUT2D eigenvalue weighted by Gasteiger charge is -2.14. The van der Waals surface area contributed by atoms with Gasteiger partial charge in [-0.05, 0) is 17.9 Å². The highest BCUT2D eigenvalue weighted by Gasteiger charge is 2.11. The summed E-state index contributed by atoms with van der Waals surface area (Å²) >= 11 is 1.69. The Bertz CT molecular complexity index is 427. The average Bonchev–Trinajstić information content (AvgIpc) is 2.82. The van der Waals surface area contributed by atoms with Crippen molar-refractivity contribution in [3.05, 3.63) is 40.6 Å². The average molecular weight is 237 g/mol. The number of rotatable bonds is 4. The summed E-state index contributed by atoms with van der Waals surface area (Å²) in [5.74, 6) is 0.0383. The summed E-state index contributed by atoms with van der Waals surface area (Å²) in [7, 11) is 0. The molecule has 0 aliphatic carbocycles. The molecule has 0 saturated carbocycles. The second-order valence-electron chi connectivity index (χ2n) is 3.35. The zero-order valence-corrected chi connectivity index (χ0v) is 9.67. The number of nitrogens with zero attached hydrogens (tertiary/aromatic N) is 2. The van der Waals surface area contributed by atoms with Gasteiger partial charge in [-0.1, -0.05) is 13.0 Å².